The highest BCUT2D eigenvalue weighted by molar-refractivity contribution is 5.46. The van der Waals surface area contributed by atoms with Crippen LogP contribution in [-0.2, 0) is 6.54 Å². The topological polar surface area (TPSA) is 30.3 Å². The Hall–Kier alpha value is -2.31. The Bertz CT molecular complexity index is 643. The number of hydrogen-bond acceptors (Lipinski definition) is 3. The number of piperazine rings is 1. The second-order valence-corrected chi connectivity index (χ2v) is 5.91. The second-order valence-electron chi connectivity index (χ2n) is 5.91. The number of benzene rings is 2. The molecule has 1 aliphatic rings. The maximum Gasteiger partial charge on any atom is 0.0991 e. The summed E-state index contributed by atoms with van der Waals surface area (Å²) in [5.41, 5.74) is 3.32. The van der Waals surface area contributed by atoms with Crippen molar-refractivity contribution in [1.82, 2.24) is 4.90 Å². The fourth-order valence-corrected chi connectivity index (χ4v) is 3.02. The molecule has 0 spiro atoms. The lowest BCUT2D eigenvalue weighted by Gasteiger charge is -2.41. The Morgan fingerprint density at radius 2 is 1.77 bits per heavy atom. The fourth-order valence-electron chi connectivity index (χ4n) is 3.02. The zero-order valence-corrected chi connectivity index (χ0v) is 12.9. The van der Waals surface area contributed by atoms with Crippen molar-refractivity contribution in [3.63, 3.8) is 0 Å². The third-order valence-electron chi connectivity index (χ3n) is 4.36. The van der Waals surface area contributed by atoms with Crippen LogP contribution in [-0.4, -0.2) is 30.6 Å². The molecule has 0 saturated carbocycles. The minimum Gasteiger partial charge on any atom is -0.369 e. The smallest absolute Gasteiger partial charge is 0.0991 e. The molecule has 0 aromatic heterocycles. The predicted octanol–water partition coefficient (Wildman–Crippen LogP) is 3.27. The van der Waals surface area contributed by atoms with Gasteiger partial charge in [-0.3, -0.25) is 4.90 Å². The number of hydrogen-bond donors (Lipinski definition) is 0. The molecule has 0 radical (unpaired) electrons. The average Bonchev–Trinajstić information content (AvgIpc) is 2.58. The minimum atomic E-state index is 0.518. The van der Waals surface area contributed by atoms with Gasteiger partial charge in [0.15, 0.2) is 0 Å². The predicted molar refractivity (Wildman–Crippen MR) is 89.7 cm³/mol. The van der Waals surface area contributed by atoms with E-state index in [0.29, 0.717) is 6.04 Å². The van der Waals surface area contributed by atoms with Crippen molar-refractivity contribution >= 4 is 5.69 Å². The van der Waals surface area contributed by atoms with Gasteiger partial charge in [0.1, 0.15) is 0 Å². The van der Waals surface area contributed by atoms with Gasteiger partial charge in [-0.25, -0.2) is 0 Å². The van der Waals surface area contributed by atoms with Crippen molar-refractivity contribution in [3.05, 3.63) is 65.7 Å². The lowest BCUT2D eigenvalue weighted by atomic mass is 10.1. The summed E-state index contributed by atoms with van der Waals surface area (Å²) in [6, 6.07) is 21.3. The Morgan fingerprint density at radius 1 is 1.05 bits per heavy atom. The van der Waals surface area contributed by atoms with Gasteiger partial charge in [0.25, 0.3) is 0 Å². The molecule has 2 aromatic rings. The third kappa shape index (κ3) is 3.29. The number of para-hydroxylation sites is 1. The largest absolute Gasteiger partial charge is 0.369 e. The van der Waals surface area contributed by atoms with E-state index in [1.807, 2.05) is 12.1 Å². The number of rotatable bonds is 3. The van der Waals surface area contributed by atoms with Crippen LogP contribution in [0.15, 0.2) is 54.6 Å². The molecule has 1 saturated heterocycles. The molecule has 2 aromatic carbocycles. The molecular weight excluding hydrogens is 270 g/mol. The zero-order chi connectivity index (χ0) is 15.4. The first-order valence-corrected chi connectivity index (χ1v) is 7.79. The monoisotopic (exact) mass is 291 g/mol. The maximum atomic E-state index is 8.86. The van der Waals surface area contributed by atoms with Crippen molar-refractivity contribution < 1.29 is 0 Å². The quantitative estimate of drug-likeness (QED) is 0.869. The first-order chi connectivity index (χ1) is 10.8. The standard InChI is InChI=1S/C19H21N3/c1-16-14-22(19-5-3-2-4-6-19)12-11-21(16)15-18-9-7-17(13-20)8-10-18/h2-10,16H,11-12,14-15H2,1H3/t16-/m1/s1. The summed E-state index contributed by atoms with van der Waals surface area (Å²) in [5, 5.41) is 8.86. The van der Waals surface area contributed by atoms with Gasteiger partial charge in [-0.05, 0) is 36.8 Å². The van der Waals surface area contributed by atoms with E-state index in [-0.39, 0.29) is 0 Å². The van der Waals surface area contributed by atoms with Gasteiger partial charge in [-0.2, -0.15) is 5.26 Å². The minimum absolute atomic E-state index is 0.518. The second kappa shape index (κ2) is 6.64. The molecule has 0 N–H and O–H groups in total. The molecule has 3 rings (SSSR count). The van der Waals surface area contributed by atoms with Crippen LogP contribution in [0.2, 0.25) is 0 Å². The normalized spacial score (nSPS) is 18.9. The average molecular weight is 291 g/mol. The van der Waals surface area contributed by atoms with E-state index >= 15 is 0 Å². The van der Waals surface area contributed by atoms with E-state index in [0.717, 1.165) is 31.7 Å². The maximum absolute atomic E-state index is 8.86. The van der Waals surface area contributed by atoms with Crippen LogP contribution >= 0.6 is 0 Å². The molecule has 0 amide bonds. The Labute approximate surface area is 132 Å². The first-order valence-electron chi connectivity index (χ1n) is 7.79. The molecule has 3 heteroatoms. The highest BCUT2D eigenvalue weighted by atomic mass is 15.3. The molecule has 1 aliphatic heterocycles. The Balaban J connectivity index is 1.62. The number of anilines is 1. The molecule has 0 bridgehead atoms. The molecule has 0 unspecified atom stereocenters. The van der Waals surface area contributed by atoms with Crippen molar-refractivity contribution in [3.8, 4) is 6.07 Å². The Morgan fingerprint density at radius 3 is 2.41 bits per heavy atom. The van der Waals surface area contributed by atoms with Crippen molar-refractivity contribution in [2.24, 2.45) is 0 Å². The molecule has 22 heavy (non-hydrogen) atoms. The van der Waals surface area contributed by atoms with Crippen LogP contribution in [0.1, 0.15) is 18.1 Å². The van der Waals surface area contributed by atoms with Crippen LogP contribution in [0.5, 0.6) is 0 Å². The summed E-state index contributed by atoms with van der Waals surface area (Å²) in [7, 11) is 0. The molecule has 112 valence electrons. The van der Waals surface area contributed by atoms with Gasteiger partial charge in [-0.1, -0.05) is 30.3 Å². The van der Waals surface area contributed by atoms with Gasteiger partial charge in [0.2, 0.25) is 0 Å². The van der Waals surface area contributed by atoms with E-state index in [4.69, 9.17) is 5.26 Å². The molecule has 1 heterocycles. The summed E-state index contributed by atoms with van der Waals surface area (Å²) in [6.07, 6.45) is 0. The van der Waals surface area contributed by atoms with Gasteiger partial charge >= 0.3 is 0 Å². The summed E-state index contributed by atoms with van der Waals surface area (Å²) in [4.78, 5) is 4.97. The summed E-state index contributed by atoms with van der Waals surface area (Å²) >= 11 is 0. The molecular formula is C19H21N3. The Kier molecular flexibility index (Phi) is 4.41. The molecule has 0 aliphatic carbocycles. The molecule has 3 nitrogen and oxygen atoms in total. The van der Waals surface area contributed by atoms with Crippen LogP contribution in [0.25, 0.3) is 0 Å². The first kappa shape index (κ1) is 14.6. The van der Waals surface area contributed by atoms with E-state index in [2.05, 4.69) is 65.3 Å². The summed E-state index contributed by atoms with van der Waals surface area (Å²) < 4.78 is 0. The lowest BCUT2D eigenvalue weighted by molar-refractivity contribution is 0.181. The number of nitrogens with zero attached hydrogens (tertiary/aromatic N) is 3. The highest BCUT2D eigenvalue weighted by Gasteiger charge is 2.23. The highest BCUT2D eigenvalue weighted by Crippen LogP contribution is 2.20. The van der Waals surface area contributed by atoms with E-state index in [9.17, 15) is 0 Å². The van der Waals surface area contributed by atoms with Gasteiger partial charge in [0.05, 0.1) is 11.6 Å². The van der Waals surface area contributed by atoms with Gasteiger partial charge in [0, 0.05) is 37.9 Å². The summed E-state index contributed by atoms with van der Waals surface area (Å²) in [6.45, 7) is 6.43. The van der Waals surface area contributed by atoms with Gasteiger partial charge in [-0.15, -0.1) is 0 Å². The molecule has 1 atom stereocenters. The summed E-state index contributed by atoms with van der Waals surface area (Å²) in [5.74, 6) is 0. The van der Waals surface area contributed by atoms with E-state index < -0.39 is 0 Å². The van der Waals surface area contributed by atoms with Crippen molar-refractivity contribution in [2.75, 3.05) is 24.5 Å². The van der Waals surface area contributed by atoms with Crippen LogP contribution < -0.4 is 4.90 Å². The van der Waals surface area contributed by atoms with Crippen LogP contribution in [0, 0.1) is 11.3 Å². The third-order valence-corrected chi connectivity index (χ3v) is 4.36. The van der Waals surface area contributed by atoms with Gasteiger partial charge < -0.3 is 4.90 Å². The van der Waals surface area contributed by atoms with E-state index in [1.165, 1.54) is 11.3 Å². The lowest BCUT2D eigenvalue weighted by Crippen LogP contribution is -2.51. The van der Waals surface area contributed by atoms with Crippen molar-refractivity contribution in [1.29, 1.82) is 5.26 Å². The van der Waals surface area contributed by atoms with E-state index in [1.54, 1.807) is 0 Å². The molecule has 1 fully saturated rings. The SMILES string of the molecule is C[C@@H]1CN(c2ccccc2)CCN1Cc1ccc(C#N)cc1. The fraction of sp³-hybridized carbons (Fsp3) is 0.316. The number of nitriles is 1. The van der Waals surface area contributed by atoms with Crippen molar-refractivity contribution in [2.45, 2.75) is 19.5 Å². The van der Waals surface area contributed by atoms with Crippen LogP contribution in [0.3, 0.4) is 0 Å². The zero-order valence-electron chi connectivity index (χ0n) is 12.9. The van der Waals surface area contributed by atoms with Crippen LogP contribution in [0.4, 0.5) is 5.69 Å².